The van der Waals surface area contributed by atoms with Crippen LogP contribution in [0.1, 0.15) is 28.4 Å². The van der Waals surface area contributed by atoms with E-state index in [-0.39, 0.29) is 5.78 Å². The molecule has 0 amide bonds. The Morgan fingerprint density at radius 2 is 2.10 bits per heavy atom. The van der Waals surface area contributed by atoms with E-state index in [1.54, 1.807) is 19.2 Å². The first-order valence-electron chi connectivity index (χ1n) is 6.29. The second-order valence-electron chi connectivity index (χ2n) is 4.49. The van der Waals surface area contributed by atoms with Gasteiger partial charge < -0.3 is 4.98 Å². The van der Waals surface area contributed by atoms with E-state index in [2.05, 4.69) is 21.8 Å². The lowest BCUT2D eigenvalue weighted by atomic mass is 10.1. The Morgan fingerprint density at radius 1 is 1.20 bits per heavy atom. The summed E-state index contributed by atoms with van der Waals surface area (Å²) >= 11 is 0. The van der Waals surface area contributed by atoms with Crippen molar-refractivity contribution in [3.05, 3.63) is 65.5 Å². The summed E-state index contributed by atoms with van der Waals surface area (Å²) in [6, 6.07) is 11.2. The molecular formula is C17H12N2O. The number of pyridine rings is 1. The summed E-state index contributed by atoms with van der Waals surface area (Å²) in [6.45, 7) is 1.55. The molecule has 0 radical (unpaired) electrons. The number of carbonyl (C=O) groups excluding carboxylic acids is 1. The topological polar surface area (TPSA) is 45.8 Å². The summed E-state index contributed by atoms with van der Waals surface area (Å²) in [4.78, 5) is 18.6. The number of aromatic nitrogens is 2. The molecule has 0 aliphatic carbocycles. The molecule has 0 saturated carbocycles. The van der Waals surface area contributed by atoms with Gasteiger partial charge >= 0.3 is 0 Å². The van der Waals surface area contributed by atoms with Gasteiger partial charge in [0.2, 0.25) is 0 Å². The smallest absolute Gasteiger partial charge is 0.159 e. The Balaban J connectivity index is 2.01. The highest BCUT2D eigenvalue weighted by Crippen LogP contribution is 2.14. The largest absolute Gasteiger partial charge is 0.346 e. The molecule has 0 fully saturated rings. The Morgan fingerprint density at radius 3 is 2.95 bits per heavy atom. The maximum Gasteiger partial charge on any atom is 0.159 e. The molecule has 2 heterocycles. The second kappa shape index (κ2) is 5.02. The normalized spacial score (nSPS) is 10.1. The number of benzene rings is 1. The van der Waals surface area contributed by atoms with Crippen molar-refractivity contribution < 1.29 is 4.79 Å². The minimum Gasteiger partial charge on any atom is -0.346 e. The van der Waals surface area contributed by atoms with Gasteiger partial charge in [-0.2, -0.15) is 0 Å². The maximum absolute atomic E-state index is 11.4. The number of rotatable bonds is 1. The van der Waals surface area contributed by atoms with Crippen LogP contribution in [0.5, 0.6) is 0 Å². The van der Waals surface area contributed by atoms with E-state index < -0.39 is 0 Å². The summed E-state index contributed by atoms with van der Waals surface area (Å²) in [5.41, 5.74) is 3.26. The second-order valence-corrected chi connectivity index (χ2v) is 4.49. The predicted molar refractivity (Wildman–Crippen MR) is 78.5 cm³/mol. The minimum absolute atomic E-state index is 0.0468. The van der Waals surface area contributed by atoms with E-state index in [9.17, 15) is 4.79 Å². The van der Waals surface area contributed by atoms with Gasteiger partial charge in [0, 0.05) is 34.5 Å². The molecule has 1 N–H and O–H groups in total. The van der Waals surface area contributed by atoms with Gasteiger partial charge in [0.25, 0.3) is 0 Å². The molecule has 0 aliphatic rings. The van der Waals surface area contributed by atoms with Crippen LogP contribution < -0.4 is 0 Å². The van der Waals surface area contributed by atoms with Gasteiger partial charge in [-0.25, -0.2) is 4.98 Å². The minimum atomic E-state index is 0.0468. The first-order valence-corrected chi connectivity index (χ1v) is 6.29. The van der Waals surface area contributed by atoms with Crippen molar-refractivity contribution in [1.29, 1.82) is 0 Å². The van der Waals surface area contributed by atoms with Crippen LogP contribution in [0.4, 0.5) is 0 Å². The molecular weight excluding hydrogens is 248 g/mol. The van der Waals surface area contributed by atoms with Crippen LogP contribution in [0.15, 0.2) is 48.8 Å². The average molecular weight is 260 g/mol. The third-order valence-electron chi connectivity index (χ3n) is 3.07. The summed E-state index contributed by atoms with van der Waals surface area (Å²) in [7, 11) is 0. The number of carbonyl (C=O) groups is 1. The molecule has 3 nitrogen and oxygen atoms in total. The molecule has 0 bridgehead atoms. The lowest BCUT2D eigenvalue weighted by molar-refractivity contribution is 0.101. The molecule has 20 heavy (non-hydrogen) atoms. The number of ketones is 1. The highest BCUT2D eigenvalue weighted by Gasteiger charge is 2.00. The van der Waals surface area contributed by atoms with Crippen molar-refractivity contribution in [3.8, 4) is 11.8 Å². The summed E-state index contributed by atoms with van der Waals surface area (Å²) in [6.07, 6.45) is 3.58. The van der Waals surface area contributed by atoms with Gasteiger partial charge in [-0.1, -0.05) is 24.0 Å². The van der Waals surface area contributed by atoms with Gasteiger partial charge in [-0.15, -0.1) is 0 Å². The predicted octanol–water partition coefficient (Wildman–Crippen LogP) is 3.17. The van der Waals surface area contributed by atoms with Gasteiger partial charge in [0.1, 0.15) is 5.65 Å². The van der Waals surface area contributed by atoms with Crippen molar-refractivity contribution in [2.45, 2.75) is 6.92 Å². The standard InChI is InChI=1S/C17H12N2O/c1-12(20)15-4-2-3-13(11-15)5-6-14-7-9-18-17-16(14)8-10-19-17/h2-4,7-11H,1H3,(H,18,19). The van der Waals surface area contributed by atoms with Crippen LogP contribution >= 0.6 is 0 Å². The Kier molecular flexibility index (Phi) is 3.06. The highest BCUT2D eigenvalue weighted by molar-refractivity contribution is 5.94. The third-order valence-corrected chi connectivity index (χ3v) is 3.07. The fourth-order valence-corrected chi connectivity index (χ4v) is 2.03. The number of hydrogen-bond acceptors (Lipinski definition) is 2. The first-order chi connectivity index (χ1) is 9.74. The van der Waals surface area contributed by atoms with E-state index in [1.165, 1.54) is 0 Å². The number of Topliss-reactive ketones (excluding diaryl/α,β-unsaturated/α-hetero) is 1. The monoisotopic (exact) mass is 260 g/mol. The summed E-state index contributed by atoms with van der Waals surface area (Å²) in [5.74, 6) is 6.28. The maximum atomic E-state index is 11.4. The zero-order valence-electron chi connectivity index (χ0n) is 11.0. The van der Waals surface area contributed by atoms with Crippen LogP contribution in [-0.2, 0) is 0 Å². The van der Waals surface area contributed by atoms with Crippen LogP contribution in [-0.4, -0.2) is 15.8 Å². The van der Waals surface area contributed by atoms with Gasteiger partial charge in [0.05, 0.1) is 0 Å². The number of aromatic amines is 1. The number of nitrogens with one attached hydrogen (secondary N) is 1. The average Bonchev–Trinajstić information content (AvgIpc) is 2.94. The molecule has 1 aromatic carbocycles. The van der Waals surface area contributed by atoms with E-state index >= 15 is 0 Å². The number of hydrogen-bond donors (Lipinski definition) is 1. The molecule has 0 saturated heterocycles. The van der Waals surface area contributed by atoms with Crippen LogP contribution in [0.2, 0.25) is 0 Å². The van der Waals surface area contributed by atoms with Crippen molar-refractivity contribution in [1.82, 2.24) is 9.97 Å². The zero-order chi connectivity index (χ0) is 13.9. The van der Waals surface area contributed by atoms with E-state index in [0.717, 1.165) is 22.2 Å². The van der Waals surface area contributed by atoms with Gasteiger partial charge in [-0.3, -0.25) is 4.79 Å². The molecule has 3 aromatic rings. The third kappa shape index (κ3) is 2.32. The first kappa shape index (κ1) is 12.2. The molecule has 0 atom stereocenters. The number of H-pyrrole nitrogens is 1. The molecule has 0 unspecified atom stereocenters. The van der Waals surface area contributed by atoms with Crippen molar-refractivity contribution in [2.24, 2.45) is 0 Å². The molecule has 96 valence electrons. The molecule has 2 aromatic heterocycles. The number of fused-ring (bicyclic) bond motifs is 1. The van der Waals surface area contributed by atoms with Crippen molar-refractivity contribution in [2.75, 3.05) is 0 Å². The molecule has 0 aliphatic heterocycles. The lowest BCUT2D eigenvalue weighted by Crippen LogP contribution is -1.91. The summed E-state index contributed by atoms with van der Waals surface area (Å²) in [5, 5.41) is 1.00. The number of nitrogens with zero attached hydrogens (tertiary/aromatic N) is 1. The molecule has 0 spiro atoms. The quantitative estimate of drug-likeness (QED) is 0.539. The van der Waals surface area contributed by atoms with Gasteiger partial charge in [-0.05, 0) is 31.2 Å². The van der Waals surface area contributed by atoms with Crippen LogP contribution in [0.3, 0.4) is 0 Å². The SMILES string of the molecule is CC(=O)c1cccc(C#Cc2ccnc3[nH]ccc23)c1. The van der Waals surface area contributed by atoms with Crippen molar-refractivity contribution >= 4 is 16.8 Å². The highest BCUT2D eigenvalue weighted by atomic mass is 16.1. The van der Waals surface area contributed by atoms with Crippen molar-refractivity contribution in [3.63, 3.8) is 0 Å². The fourth-order valence-electron chi connectivity index (χ4n) is 2.03. The van der Waals surface area contributed by atoms with Crippen LogP contribution in [0.25, 0.3) is 11.0 Å². The lowest BCUT2D eigenvalue weighted by Gasteiger charge is -1.96. The van der Waals surface area contributed by atoms with E-state index in [1.807, 2.05) is 36.5 Å². The van der Waals surface area contributed by atoms with Gasteiger partial charge in [0.15, 0.2) is 5.78 Å². The Labute approximate surface area is 116 Å². The van der Waals surface area contributed by atoms with Crippen LogP contribution in [0, 0.1) is 11.8 Å². The van der Waals surface area contributed by atoms with E-state index in [0.29, 0.717) is 5.56 Å². The molecule has 3 heteroatoms. The molecule has 3 rings (SSSR count). The fraction of sp³-hybridized carbons (Fsp3) is 0.0588. The Bertz CT molecular complexity index is 850. The summed E-state index contributed by atoms with van der Waals surface area (Å²) < 4.78 is 0. The Hall–Kier alpha value is -2.86. The zero-order valence-corrected chi connectivity index (χ0v) is 11.0. The van der Waals surface area contributed by atoms with E-state index in [4.69, 9.17) is 0 Å².